The van der Waals surface area contributed by atoms with Crippen LogP contribution in [0.4, 0.5) is 18.9 Å². The monoisotopic (exact) mass is 369 g/mol. The second kappa shape index (κ2) is 8.46. The Labute approximate surface area is 148 Å². The zero-order valence-electron chi connectivity index (χ0n) is 14.2. The van der Waals surface area contributed by atoms with Gasteiger partial charge in [0.2, 0.25) is 0 Å². The minimum atomic E-state index is -4.80. The molecule has 2 rings (SSSR count). The SMILES string of the molecule is CCOc1ccc(C(=O)Nc2cccc(OC(F)(F)F)c2)cc1OCC. The van der Waals surface area contributed by atoms with Crippen LogP contribution in [0, 0.1) is 0 Å². The molecule has 0 bridgehead atoms. The molecule has 140 valence electrons. The highest BCUT2D eigenvalue weighted by molar-refractivity contribution is 6.04. The fraction of sp³-hybridized carbons (Fsp3) is 0.278. The smallest absolute Gasteiger partial charge is 0.490 e. The molecule has 0 aliphatic heterocycles. The molecule has 0 atom stereocenters. The number of carbonyl (C=O) groups is 1. The second-order valence-corrected chi connectivity index (χ2v) is 5.06. The molecule has 0 saturated heterocycles. The van der Waals surface area contributed by atoms with Crippen molar-refractivity contribution >= 4 is 11.6 Å². The summed E-state index contributed by atoms with van der Waals surface area (Å²) >= 11 is 0. The van der Waals surface area contributed by atoms with Crippen molar-refractivity contribution in [1.82, 2.24) is 0 Å². The molecule has 1 N–H and O–H groups in total. The summed E-state index contributed by atoms with van der Waals surface area (Å²) in [4.78, 5) is 12.4. The van der Waals surface area contributed by atoms with E-state index in [4.69, 9.17) is 9.47 Å². The third-order valence-corrected chi connectivity index (χ3v) is 3.13. The van der Waals surface area contributed by atoms with E-state index in [1.807, 2.05) is 6.92 Å². The number of ether oxygens (including phenoxy) is 3. The molecule has 0 aliphatic rings. The maximum Gasteiger partial charge on any atom is 0.573 e. The Kier molecular flexibility index (Phi) is 6.32. The molecule has 2 aromatic rings. The molecule has 5 nitrogen and oxygen atoms in total. The van der Waals surface area contributed by atoms with Gasteiger partial charge in [-0.3, -0.25) is 4.79 Å². The summed E-state index contributed by atoms with van der Waals surface area (Å²) in [5, 5.41) is 2.52. The number of hydrogen-bond acceptors (Lipinski definition) is 4. The van der Waals surface area contributed by atoms with Crippen LogP contribution < -0.4 is 19.5 Å². The van der Waals surface area contributed by atoms with Crippen molar-refractivity contribution in [3.63, 3.8) is 0 Å². The molecule has 0 radical (unpaired) electrons. The first-order valence-electron chi connectivity index (χ1n) is 7.89. The van der Waals surface area contributed by atoms with Gasteiger partial charge in [-0.1, -0.05) is 6.07 Å². The van der Waals surface area contributed by atoms with Gasteiger partial charge in [0, 0.05) is 17.3 Å². The number of anilines is 1. The Bertz CT molecular complexity index is 762. The average molecular weight is 369 g/mol. The van der Waals surface area contributed by atoms with Gasteiger partial charge in [0.15, 0.2) is 11.5 Å². The topological polar surface area (TPSA) is 56.8 Å². The van der Waals surface area contributed by atoms with Gasteiger partial charge in [0.05, 0.1) is 13.2 Å². The fourth-order valence-corrected chi connectivity index (χ4v) is 2.17. The lowest BCUT2D eigenvalue weighted by Gasteiger charge is -2.13. The van der Waals surface area contributed by atoms with Gasteiger partial charge < -0.3 is 19.5 Å². The van der Waals surface area contributed by atoms with E-state index in [1.54, 1.807) is 19.1 Å². The highest BCUT2D eigenvalue weighted by Crippen LogP contribution is 2.29. The van der Waals surface area contributed by atoms with Crippen molar-refractivity contribution < 1.29 is 32.2 Å². The highest BCUT2D eigenvalue weighted by Gasteiger charge is 2.31. The van der Waals surface area contributed by atoms with Crippen LogP contribution in [0.3, 0.4) is 0 Å². The lowest BCUT2D eigenvalue weighted by molar-refractivity contribution is -0.274. The molecule has 8 heteroatoms. The molecule has 0 unspecified atom stereocenters. The van der Waals surface area contributed by atoms with E-state index in [2.05, 4.69) is 10.1 Å². The molecule has 0 aromatic heterocycles. The summed E-state index contributed by atoms with van der Waals surface area (Å²) in [7, 11) is 0. The first-order chi connectivity index (χ1) is 12.3. The average Bonchev–Trinajstić information content (AvgIpc) is 2.55. The quantitative estimate of drug-likeness (QED) is 0.773. The Balaban J connectivity index is 2.17. The normalized spacial score (nSPS) is 11.0. The molecule has 0 aliphatic carbocycles. The zero-order chi connectivity index (χ0) is 19.2. The summed E-state index contributed by atoms with van der Waals surface area (Å²) in [5.74, 6) is -0.00205. The van der Waals surface area contributed by atoms with E-state index < -0.39 is 18.0 Å². The maximum atomic E-state index is 12.4. The lowest BCUT2D eigenvalue weighted by Crippen LogP contribution is -2.17. The molecule has 0 heterocycles. The number of alkyl halides is 3. The number of hydrogen-bond donors (Lipinski definition) is 1. The lowest BCUT2D eigenvalue weighted by atomic mass is 10.1. The number of halogens is 3. The minimum absolute atomic E-state index is 0.170. The van der Waals surface area contributed by atoms with E-state index in [0.29, 0.717) is 24.7 Å². The summed E-state index contributed by atoms with van der Waals surface area (Å²) in [5.41, 5.74) is 0.447. The Morgan fingerprint density at radius 2 is 1.69 bits per heavy atom. The highest BCUT2D eigenvalue weighted by atomic mass is 19.4. The molecule has 2 aromatic carbocycles. The van der Waals surface area contributed by atoms with Crippen LogP contribution in [0.25, 0.3) is 0 Å². The van der Waals surface area contributed by atoms with Gasteiger partial charge in [-0.25, -0.2) is 0 Å². The van der Waals surface area contributed by atoms with Crippen LogP contribution in [0.15, 0.2) is 42.5 Å². The van der Waals surface area contributed by atoms with Gasteiger partial charge >= 0.3 is 6.36 Å². The first kappa shape index (κ1) is 19.4. The first-order valence-corrected chi connectivity index (χ1v) is 7.89. The summed E-state index contributed by atoms with van der Waals surface area (Å²) in [6.45, 7) is 4.46. The number of benzene rings is 2. The number of carbonyl (C=O) groups excluding carboxylic acids is 1. The molecular formula is C18H18F3NO4. The van der Waals surface area contributed by atoms with E-state index in [-0.39, 0.29) is 11.3 Å². The fourth-order valence-electron chi connectivity index (χ4n) is 2.17. The van der Waals surface area contributed by atoms with Gasteiger partial charge in [0.1, 0.15) is 5.75 Å². The van der Waals surface area contributed by atoms with Crippen LogP contribution >= 0.6 is 0 Å². The van der Waals surface area contributed by atoms with Crippen molar-refractivity contribution in [2.75, 3.05) is 18.5 Å². The largest absolute Gasteiger partial charge is 0.573 e. The van der Waals surface area contributed by atoms with Crippen LogP contribution in [-0.4, -0.2) is 25.5 Å². The summed E-state index contributed by atoms with van der Waals surface area (Å²) < 4.78 is 51.6. The van der Waals surface area contributed by atoms with E-state index in [1.165, 1.54) is 18.2 Å². The Morgan fingerprint density at radius 3 is 2.35 bits per heavy atom. The predicted octanol–water partition coefficient (Wildman–Crippen LogP) is 4.63. The van der Waals surface area contributed by atoms with Gasteiger partial charge in [-0.15, -0.1) is 13.2 Å². The van der Waals surface area contributed by atoms with E-state index >= 15 is 0 Å². The van der Waals surface area contributed by atoms with Crippen LogP contribution in [-0.2, 0) is 0 Å². The number of rotatable bonds is 7. The van der Waals surface area contributed by atoms with E-state index in [0.717, 1.165) is 12.1 Å². The minimum Gasteiger partial charge on any atom is -0.490 e. The predicted molar refractivity (Wildman–Crippen MR) is 89.9 cm³/mol. The Hall–Kier alpha value is -2.90. The number of amides is 1. The molecule has 0 fully saturated rings. The van der Waals surface area contributed by atoms with E-state index in [9.17, 15) is 18.0 Å². The van der Waals surface area contributed by atoms with Crippen LogP contribution in [0.2, 0.25) is 0 Å². The summed E-state index contributed by atoms with van der Waals surface area (Å²) in [6.07, 6.45) is -4.80. The van der Waals surface area contributed by atoms with Gasteiger partial charge in [-0.2, -0.15) is 0 Å². The molecule has 26 heavy (non-hydrogen) atoms. The van der Waals surface area contributed by atoms with Crippen molar-refractivity contribution in [2.45, 2.75) is 20.2 Å². The third kappa shape index (κ3) is 5.58. The van der Waals surface area contributed by atoms with Gasteiger partial charge in [-0.05, 0) is 44.2 Å². The second-order valence-electron chi connectivity index (χ2n) is 5.06. The molecule has 0 spiro atoms. The molecule has 0 saturated carbocycles. The van der Waals surface area contributed by atoms with Crippen LogP contribution in [0.5, 0.6) is 17.2 Å². The zero-order valence-corrected chi connectivity index (χ0v) is 14.2. The maximum absolute atomic E-state index is 12.4. The van der Waals surface area contributed by atoms with Crippen LogP contribution in [0.1, 0.15) is 24.2 Å². The molecule has 1 amide bonds. The number of nitrogens with one attached hydrogen (secondary N) is 1. The van der Waals surface area contributed by atoms with Crippen molar-refractivity contribution in [1.29, 1.82) is 0 Å². The van der Waals surface area contributed by atoms with Crippen molar-refractivity contribution in [3.8, 4) is 17.2 Å². The molecular weight excluding hydrogens is 351 g/mol. The third-order valence-electron chi connectivity index (χ3n) is 3.13. The Morgan fingerprint density at radius 1 is 1.00 bits per heavy atom. The van der Waals surface area contributed by atoms with Gasteiger partial charge in [0.25, 0.3) is 5.91 Å². The van der Waals surface area contributed by atoms with Crippen molar-refractivity contribution in [2.24, 2.45) is 0 Å². The summed E-state index contributed by atoms with van der Waals surface area (Å²) in [6, 6.07) is 9.70. The standard InChI is InChI=1S/C18H18F3NO4/c1-3-24-15-9-8-12(10-16(15)25-4-2)17(23)22-13-6-5-7-14(11-13)26-18(19,20)21/h5-11H,3-4H2,1-2H3,(H,22,23). The van der Waals surface area contributed by atoms with Crippen molar-refractivity contribution in [3.05, 3.63) is 48.0 Å².